The maximum atomic E-state index is 12.3. The summed E-state index contributed by atoms with van der Waals surface area (Å²) in [6, 6.07) is 2.24. The molecule has 0 aliphatic heterocycles. The molecule has 0 spiro atoms. The smallest absolute Gasteiger partial charge is 0.166 e. The van der Waals surface area contributed by atoms with E-state index >= 15 is 0 Å². The Morgan fingerprint density at radius 2 is 1.71 bits per heavy atom. The summed E-state index contributed by atoms with van der Waals surface area (Å²) in [5.41, 5.74) is -0.901. The van der Waals surface area contributed by atoms with E-state index in [2.05, 4.69) is 0 Å². The van der Waals surface area contributed by atoms with Crippen molar-refractivity contribution in [2.24, 2.45) is 0 Å². The summed E-state index contributed by atoms with van der Waals surface area (Å²) < 4.78 is 36.9. The van der Waals surface area contributed by atoms with Gasteiger partial charge in [0.1, 0.15) is 0 Å². The van der Waals surface area contributed by atoms with Gasteiger partial charge in [-0.2, -0.15) is 13.2 Å². The third kappa shape index (κ3) is 2.30. The Labute approximate surface area is 93.4 Å². The minimum Gasteiger partial charge on any atom is -0.166 e. The Balaban J connectivity index is 3.31. The van der Waals surface area contributed by atoms with Gasteiger partial charge in [0.15, 0.2) is 0 Å². The van der Waals surface area contributed by atoms with Gasteiger partial charge in [-0.15, -0.1) is 11.8 Å². The third-order valence-electron chi connectivity index (χ3n) is 1.57. The predicted molar refractivity (Wildman–Crippen MR) is 53.2 cm³/mol. The highest BCUT2D eigenvalue weighted by atomic mass is 35.5. The van der Waals surface area contributed by atoms with Gasteiger partial charge in [0.05, 0.1) is 15.6 Å². The van der Waals surface area contributed by atoms with E-state index in [4.69, 9.17) is 23.2 Å². The summed E-state index contributed by atoms with van der Waals surface area (Å²) in [5, 5.41) is -0.486. The van der Waals surface area contributed by atoms with Crippen molar-refractivity contribution in [1.82, 2.24) is 0 Å². The van der Waals surface area contributed by atoms with Crippen LogP contribution < -0.4 is 0 Å². The second kappa shape index (κ2) is 4.21. The second-order valence-corrected chi connectivity index (χ2v) is 4.05. The van der Waals surface area contributed by atoms with Gasteiger partial charge in [-0.1, -0.05) is 23.2 Å². The number of benzene rings is 1. The van der Waals surface area contributed by atoms with Crippen molar-refractivity contribution in [3.8, 4) is 0 Å². The highest BCUT2D eigenvalue weighted by Gasteiger charge is 2.34. The molecule has 0 atom stereocenters. The number of hydrogen-bond acceptors (Lipinski definition) is 1. The van der Waals surface area contributed by atoms with Gasteiger partial charge in [0.25, 0.3) is 0 Å². The maximum Gasteiger partial charge on any atom is 0.417 e. The molecule has 0 aliphatic rings. The lowest BCUT2D eigenvalue weighted by molar-refractivity contribution is -0.137. The van der Waals surface area contributed by atoms with Gasteiger partial charge in [0, 0.05) is 4.90 Å². The Morgan fingerprint density at radius 1 is 1.14 bits per heavy atom. The summed E-state index contributed by atoms with van der Waals surface area (Å²) in [4.78, 5) is 0.532. The second-order valence-electron chi connectivity index (χ2n) is 2.44. The van der Waals surface area contributed by atoms with Crippen LogP contribution >= 0.6 is 35.0 Å². The highest BCUT2D eigenvalue weighted by Crippen LogP contribution is 2.41. The summed E-state index contributed by atoms with van der Waals surface area (Å²) in [6.07, 6.45) is -2.75. The van der Waals surface area contributed by atoms with Crippen LogP contribution in [0.3, 0.4) is 0 Å². The SMILES string of the molecule is CSc1ccc(C(F)(F)F)c(Cl)c1Cl. The summed E-state index contributed by atoms with van der Waals surface area (Å²) in [6.45, 7) is 0. The van der Waals surface area contributed by atoms with Crippen LogP contribution in [0.25, 0.3) is 0 Å². The molecular weight excluding hydrogens is 256 g/mol. The topological polar surface area (TPSA) is 0 Å². The lowest BCUT2D eigenvalue weighted by atomic mass is 10.2. The first-order valence-corrected chi connectivity index (χ1v) is 5.45. The third-order valence-corrected chi connectivity index (χ3v) is 3.35. The first kappa shape index (κ1) is 12.0. The first-order chi connectivity index (χ1) is 6.38. The normalized spacial score (nSPS) is 11.9. The summed E-state index contributed by atoms with van der Waals surface area (Å²) in [7, 11) is 0. The number of halogens is 5. The zero-order valence-corrected chi connectivity index (χ0v) is 9.28. The van der Waals surface area contributed by atoms with Crippen LogP contribution in [0.2, 0.25) is 10.0 Å². The molecule has 1 aromatic carbocycles. The molecule has 1 aromatic rings. The fourth-order valence-corrected chi connectivity index (χ4v) is 2.12. The predicted octanol–water partition coefficient (Wildman–Crippen LogP) is 4.73. The van der Waals surface area contributed by atoms with Crippen molar-refractivity contribution in [2.45, 2.75) is 11.1 Å². The molecule has 0 heterocycles. The molecule has 0 radical (unpaired) electrons. The molecule has 1 rings (SSSR count). The monoisotopic (exact) mass is 260 g/mol. The van der Waals surface area contributed by atoms with E-state index in [0.29, 0.717) is 4.90 Å². The number of hydrogen-bond donors (Lipinski definition) is 0. The Bertz CT molecular complexity index is 349. The van der Waals surface area contributed by atoms with E-state index in [1.165, 1.54) is 17.8 Å². The molecule has 14 heavy (non-hydrogen) atoms. The van der Waals surface area contributed by atoms with Gasteiger partial charge >= 0.3 is 6.18 Å². The Morgan fingerprint density at radius 3 is 2.14 bits per heavy atom. The average molecular weight is 261 g/mol. The molecule has 0 aromatic heterocycles. The zero-order chi connectivity index (χ0) is 10.9. The standard InChI is InChI=1S/C8H5Cl2F3S/c1-14-5-3-2-4(8(11,12)13)6(9)7(5)10/h2-3H,1H3. The molecule has 0 saturated heterocycles. The van der Waals surface area contributed by atoms with Crippen LogP contribution in [0, 0.1) is 0 Å². The lowest BCUT2D eigenvalue weighted by Crippen LogP contribution is -2.06. The number of rotatable bonds is 1. The highest BCUT2D eigenvalue weighted by molar-refractivity contribution is 7.98. The van der Waals surface area contributed by atoms with Crippen molar-refractivity contribution in [3.63, 3.8) is 0 Å². The van der Waals surface area contributed by atoms with Crippen LogP contribution in [-0.2, 0) is 6.18 Å². The molecule has 0 nitrogen and oxygen atoms in total. The molecule has 0 amide bonds. The number of alkyl halides is 3. The van der Waals surface area contributed by atoms with Crippen LogP contribution in [-0.4, -0.2) is 6.26 Å². The lowest BCUT2D eigenvalue weighted by Gasteiger charge is -2.11. The Kier molecular flexibility index (Phi) is 3.61. The van der Waals surface area contributed by atoms with Crippen LogP contribution in [0.15, 0.2) is 17.0 Å². The minimum atomic E-state index is -4.46. The molecule has 0 N–H and O–H groups in total. The minimum absolute atomic E-state index is 0.0472. The first-order valence-electron chi connectivity index (χ1n) is 3.47. The molecule has 6 heteroatoms. The van der Waals surface area contributed by atoms with E-state index in [-0.39, 0.29) is 5.02 Å². The molecule has 0 fully saturated rings. The van der Waals surface area contributed by atoms with E-state index in [0.717, 1.165) is 6.07 Å². The van der Waals surface area contributed by atoms with Crippen molar-refractivity contribution in [3.05, 3.63) is 27.7 Å². The average Bonchev–Trinajstić information content (AvgIpc) is 2.07. The van der Waals surface area contributed by atoms with E-state index < -0.39 is 16.8 Å². The number of thioether (sulfide) groups is 1. The van der Waals surface area contributed by atoms with Crippen LogP contribution in [0.5, 0.6) is 0 Å². The summed E-state index contributed by atoms with van der Waals surface area (Å²) in [5.74, 6) is 0. The molecular formula is C8H5Cl2F3S. The van der Waals surface area contributed by atoms with Gasteiger partial charge < -0.3 is 0 Å². The summed E-state index contributed by atoms with van der Waals surface area (Å²) >= 11 is 12.4. The van der Waals surface area contributed by atoms with Gasteiger partial charge in [0.2, 0.25) is 0 Å². The van der Waals surface area contributed by atoms with Gasteiger partial charge in [-0.3, -0.25) is 0 Å². The zero-order valence-electron chi connectivity index (χ0n) is 6.95. The van der Waals surface area contributed by atoms with Crippen molar-refractivity contribution in [1.29, 1.82) is 0 Å². The molecule has 78 valence electrons. The molecule has 0 bridgehead atoms. The van der Waals surface area contributed by atoms with Crippen LogP contribution in [0.1, 0.15) is 5.56 Å². The fourth-order valence-electron chi connectivity index (χ4n) is 0.908. The van der Waals surface area contributed by atoms with Crippen LogP contribution in [0.4, 0.5) is 13.2 Å². The molecule has 0 aliphatic carbocycles. The fraction of sp³-hybridized carbons (Fsp3) is 0.250. The van der Waals surface area contributed by atoms with Gasteiger partial charge in [-0.05, 0) is 18.4 Å². The van der Waals surface area contributed by atoms with Crippen molar-refractivity contribution >= 4 is 35.0 Å². The molecule has 0 saturated carbocycles. The van der Waals surface area contributed by atoms with E-state index in [1.807, 2.05) is 0 Å². The molecule has 0 unspecified atom stereocenters. The van der Waals surface area contributed by atoms with Crippen molar-refractivity contribution < 1.29 is 13.2 Å². The maximum absolute atomic E-state index is 12.3. The Hall–Kier alpha value is -0.0600. The van der Waals surface area contributed by atoms with Crippen molar-refractivity contribution in [2.75, 3.05) is 6.26 Å². The quantitative estimate of drug-likeness (QED) is 0.658. The van der Waals surface area contributed by atoms with Gasteiger partial charge in [-0.25, -0.2) is 0 Å². The van der Waals surface area contributed by atoms with E-state index in [9.17, 15) is 13.2 Å². The largest absolute Gasteiger partial charge is 0.417 e. The van der Waals surface area contributed by atoms with E-state index in [1.54, 1.807) is 6.26 Å².